The molecule has 0 unspecified atom stereocenters. The molecule has 2 fully saturated rings. The number of likely N-dealkylation sites (tertiary alicyclic amines) is 2. The van der Waals surface area contributed by atoms with Gasteiger partial charge in [0.2, 0.25) is 0 Å². The standard InChI is InChI=1S/C29H44N4O/c1-6-33-27(19-26(30-33)18-23-10-8-7-9-11-23)25-13-15-31(16-14-25)20-24-12-17-32(21-24)28(22(2)34)29(3,4)5/h7-11,19,24-25,28H,6,12-18,20-21H2,1-5H3/t24-,28-/m0/s1. The molecule has 1 aromatic carbocycles. The summed E-state index contributed by atoms with van der Waals surface area (Å²) in [7, 11) is 0. The number of hydrogen-bond donors (Lipinski definition) is 0. The van der Waals surface area contributed by atoms with Gasteiger partial charge in [-0.15, -0.1) is 0 Å². The summed E-state index contributed by atoms with van der Waals surface area (Å²) < 4.78 is 2.24. The van der Waals surface area contributed by atoms with Crippen molar-refractivity contribution in [1.82, 2.24) is 19.6 Å². The first kappa shape index (κ1) is 25.1. The van der Waals surface area contributed by atoms with E-state index >= 15 is 0 Å². The second-order valence-electron chi connectivity index (χ2n) is 11.6. The lowest BCUT2D eigenvalue weighted by Crippen LogP contribution is -2.48. The molecule has 1 aromatic heterocycles. The van der Waals surface area contributed by atoms with Gasteiger partial charge < -0.3 is 4.90 Å². The van der Waals surface area contributed by atoms with E-state index in [9.17, 15) is 4.79 Å². The molecule has 0 bridgehead atoms. The minimum atomic E-state index is 0.000656. The number of benzene rings is 1. The predicted octanol–water partition coefficient (Wildman–Crippen LogP) is 5.00. The van der Waals surface area contributed by atoms with E-state index in [1.54, 1.807) is 6.92 Å². The molecule has 2 aromatic rings. The summed E-state index contributed by atoms with van der Waals surface area (Å²) in [5, 5.41) is 4.93. The normalized spacial score (nSPS) is 21.7. The van der Waals surface area contributed by atoms with Crippen molar-refractivity contribution in [2.45, 2.75) is 78.8 Å². The van der Waals surface area contributed by atoms with E-state index in [2.05, 4.69) is 78.6 Å². The summed E-state index contributed by atoms with van der Waals surface area (Å²) in [5.41, 5.74) is 3.94. The van der Waals surface area contributed by atoms with Crippen LogP contribution in [0.3, 0.4) is 0 Å². The average molecular weight is 465 g/mol. The molecule has 5 nitrogen and oxygen atoms in total. The third-order valence-corrected chi connectivity index (χ3v) is 7.80. The van der Waals surface area contributed by atoms with Gasteiger partial charge in [-0.1, -0.05) is 51.1 Å². The molecule has 0 radical (unpaired) electrons. The van der Waals surface area contributed by atoms with Gasteiger partial charge in [0.15, 0.2) is 0 Å². The zero-order valence-corrected chi connectivity index (χ0v) is 22.0. The van der Waals surface area contributed by atoms with E-state index in [0.717, 1.165) is 26.1 Å². The van der Waals surface area contributed by atoms with Gasteiger partial charge >= 0.3 is 0 Å². The Morgan fingerprint density at radius 3 is 2.41 bits per heavy atom. The molecular formula is C29H44N4O. The molecule has 2 aliphatic heterocycles. The average Bonchev–Trinajstić information content (AvgIpc) is 3.40. The largest absolute Gasteiger partial charge is 0.303 e. The van der Waals surface area contributed by atoms with Crippen LogP contribution in [0.15, 0.2) is 36.4 Å². The maximum absolute atomic E-state index is 12.3. The highest BCUT2D eigenvalue weighted by molar-refractivity contribution is 5.82. The third-order valence-electron chi connectivity index (χ3n) is 7.80. The number of piperidine rings is 1. The van der Waals surface area contributed by atoms with Crippen LogP contribution in [0.1, 0.15) is 76.8 Å². The molecule has 4 rings (SSSR count). The van der Waals surface area contributed by atoms with Crippen LogP contribution in [0.25, 0.3) is 0 Å². The van der Waals surface area contributed by atoms with Crippen molar-refractivity contribution in [3.05, 3.63) is 53.3 Å². The fourth-order valence-corrected chi connectivity index (χ4v) is 6.40. The first-order chi connectivity index (χ1) is 16.2. The summed E-state index contributed by atoms with van der Waals surface area (Å²) in [4.78, 5) is 17.5. The van der Waals surface area contributed by atoms with Crippen LogP contribution < -0.4 is 0 Å². The molecule has 5 heteroatoms. The maximum atomic E-state index is 12.3. The van der Waals surface area contributed by atoms with Crippen molar-refractivity contribution in [2.24, 2.45) is 11.3 Å². The lowest BCUT2D eigenvalue weighted by atomic mass is 9.83. The monoisotopic (exact) mass is 464 g/mol. The number of carbonyl (C=O) groups is 1. The molecule has 0 amide bonds. The Kier molecular flexibility index (Phi) is 7.94. The van der Waals surface area contributed by atoms with Crippen LogP contribution in [0.5, 0.6) is 0 Å². The number of Topliss-reactive ketones (excluding diaryl/α,β-unsaturated/α-hetero) is 1. The molecule has 2 atom stereocenters. The zero-order chi connectivity index (χ0) is 24.3. The highest BCUT2D eigenvalue weighted by atomic mass is 16.1. The van der Waals surface area contributed by atoms with E-state index in [4.69, 9.17) is 5.10 Å². The first-order valence-electron chi connectivity index (χ1n) is 13.3. The summed E-state index contributed by atoms with van der Waals surface area (Å²) in [6.07, 6.45) is 4.55. The molecule has 0 saturated carbocycles. The van der Waals surface area contributed by atoms with Crippen molar-refractivity contribution in [1.29, 1.82) is 0 Å². The van der Waals surface area contributed by atoms with Gasteiger partial charge in [0.25, 0.3) is 0 Å². The number of carbonyl (C=O) groups excluding carboxylic acids is 1. The van der Waals surface area contributed by atoms with E-state index < -0.39 is 0 Å². The lowest BCUT2D eigenvalue weighted by molar-refractivity contribution is -0.125. The van der Waals surface area contributed by atoms with E-state index in [-0.39, 0.29) is 11.5 Å². The number of aromatic nitrogens is 2. The van der Waals surface area contributed by atoms with E-state index in [1.807, 2.05) is 0 Å². The minimum absolute atomic E-state index is 0.000656. The lowest BCUT2D eigenvalue weighted by Gasteiger charge is -2.37. The summed E-state index contributed by atoms with van der Waals surface area (Å²) >= 11 is 0. The van der Waals surface area contributed by atoms with Gasteiger partial charge in [-0.05, 0) is 75.7 Å². The molecule has 186 valence electrons. The van der Waals surface area contributed by atoms with Gasteiger partial charge in [0.05, 0.1) is 11.7 Å². The van der Waals surface area contributed by atoms with Crippen molar-refractivity contribution in [3.63, 3.8) is 0 Å². The van der Waals surface area contributed by atoms with Crippen molar-refractivity contribution in [3.8, 4) is 0 Å². The molecule has 34 heavy (non-hydrogen) atoms. The van der Waals surface area contributed by atoms with Crippen LogP contribution in [0.4, 0.5) is 0 Å². The molecule has 2 aliphatic rings. The molecule has 3 heterocycles. The Bertz CT molecular complexity index is 937. The van der Waals surface area contributed by atoms with E-state index in [1.165, 1.54) is 55.8 Å². The van der Waals surface area contributed by atoms with Crippen LogP contribution in [-0.4, -0.2) is 64.1 Å². The first-order valence-corrected chi connectivity index (χ1v) is 13.3. The number of hydrogen-bond acceptors (Lipinski definition) is 4. The Hall–Kier alpha value is -1.98. The molecule has 2 saturated heterocycles. The van der Waals surface area contributed by atoms with Gasteiger partial charge in [0, 0.05) is 37.7 Å². The Morgan fingerprint density at radius 2 is 1.79 bits per heavy atom. The summed E-state index contributed by atoms with van der Waals surface area (Å²) in [6.45, 7) is 17.1. The molecule has 0 N–H and O–H groups in total. The Balaban J connectivity index is 1.30. The van der Waals surface area contributed by atoms with Crippen molar-refractivity contribution < 1.29 is 4.79 Å². The number of nitrogens with zero attached hydrogens (tertiary/aromatic N) is 4. The van der Waals surface area contributed by atoms with Crippen LogP contribution in [0.2, 0.25) is 0 Å². The minimum Gasteiger partial charge on any atom is -0.303 e. The molecule has 0 spiro atoms. The highest BCUT2D eigenvalue weighted by Gasteiger charge is 2.38. The van der Waals surface area contributed by atoms with Crippen molar-refractivity contribution in [2.75, 3.05) is 32.7 Å². The van der Waals surface area contributed by atoms with Gasteiger partial charge in [-0.25, -0.2) is 0 Å². The third kappa shape index (κ3) is 5.98. The fourth-order valence-electron chi connectivity index (χ4n) is 6.40. The molecule has 0 aliphatic carbocycles. The predicted molar refractivity (Wildman–Crippen MR) is 139 cm³/mol. The maximum Gasteiger partial charge on any atom is 0.147 e. The number of rotatable bonds is 8. The summed E-state index contributed by atoms with van der Waals surface area (Å²) in [5.74, 6) is 1.60. The topological polar surface area (TPSA) is 41.4 Å². The molecular weight excluding hydrogens is 420 g/mol. The zero-order valence-electron chi connectivity index (χ0n) is 22.0. The van der Waals surface area contributed by atoms with Crippen LogP contribution >= 0.6 is 0 Å². The Morgan fingerprint density at radius 1 is 1.09 bits per heavy atom. The van der Waals surface area contributed by atoms with Crippen molar-refractivity contribution >= 4 is 5.78 Å². The quantitative estimate of drug-likeness (QED) is 0.551. The van der Waals surface area contributed by atoms with Gasteiger partial charge in [0.1, 0.15) is 5.78 Å². The number of aryl methyl sites for hydroxylation is 1. The van der Waals surface area contributed by atoms with Crippen LogP contribution in [0, 0.1) is 11.3 Å². The van der Waals surface area contributed by atoms with Gasteiger partial charge in [-0.2, -0.15) is 5.10 Å². The highest BCUT2D eigenvalue weighted by Crippen LogP contribution is 2.33. The smallest absolute Gasteiger partial charge is 0.147 e. The van der Waals surface area contributed by atoms with Gasteiger partial charge in [-0.3, -0.25) is 14.4 Å². The Labute approximate surface area is 206 Å². The van der Waals surface area contributed by atoms with Crippen LogP contribution in [-0.2, 0) is 17.8 Å². The fraction of sp³-hybridized carbons (Fsp3) is 0.655. The summed E-state index contributed by atoms with van der Waals surface area (Å²) in [6, 6.07) is 13.1. The second-order valence-corrected chi connectivity index (χ2v) is 11.6. The SMILES string of the molecule is CCn1nc(Cc2ccccc2)cc1C1CCN(C[C@@H]2CCN([C@@H](C(C)=O)C(C)(C)C)C2)CC1. The number of ketones is 1. The second kappa shape index (κ2) is 10.7. The van der Waals surface area contributed by atoms with E-state index in [0.29, 0.717) is 17.6 Å².